The first kappa shape index (κ1) is 24.9. The van der Waals surface area contributed by atoms with E-state index in [2.05, 4.69) is 35.1 Å². The molecule has 0 radical (unpaired) electrons. The van der Waals surface area contributed by atoms with Crippen molar-refractivity contribution in [2.45, 2.75) is 65.6 Å². The summed E-state index contributed by atoms with van der Waals surface area (Å²) in [6.45, 7) is 10.1. The van der Waals surface area contributed by atoms with Crippen molar-refractivity contribution >= 4 is 27.7 Å². The van der Waals surface area contributed by atoms with Crippen molar-refractivity contribution in [3.05, 3.63) is 64.1 Å². The Kier molecular flexibility index (Phi) is 9.56. The Labute approximate surface area is 194 Å². The molecule has 2 aromatic carbocycles. The lowest BCUT2D eigenvalue weighted by Crippen LogP contribution is -2.50. The first-order chi connectivity index (χ1) is 14.7. The molecule has 31 heavy (non-hydrogen) atoms. The van der Waals surface area contributed by atoms with Crippen molar-refractivity contribution < 1.29 is 14.3 Å². The number of hydrogen-bond donors (Lipinski definition) is 1. The number of para-hydroxylation sites is 1. The lowest BCUT2D eigenvalue weighted by atomic mass is 10.0. The Balaban J connectivity index is 2.19. The minimum Gasteiger partial charge on any atom is -0.483 e. The zero-order chi connectivity index (χ0) is 23.0. The maximum atomic E-state index is 13.2. The minimum atomic E-state index is -0.617. The predicted molar refractivity (Wildman–Crippen MR) is 128 cm³/mol. The molecule has 0 bridgehead atoms. The van der Waals surface area contributed by atoms with Crippen LogP contribution in [0.2, 0.25) is 0 Å². The predicted octanol–water partition coefficient (Wildman–Crippen LogP) is 5.28. The second-order valence-corrected chi connectivity index (χ2v) is 9.04. The van der Waals surface area contributed by atoms with Gasteiger partial charge in [0.25, 0.3) is 5.91 Å². The molecule has 2 atom stereocenters. The molecule has 168 valence electrons. The monoisotopic (exact) mass is 488 g/mol. The van der Waals surface area contributed by atoms with E-state index in [1.807, 2.05) is 62.4 Å². The van der Waals surface area contributed by atoms with Crippen molar-refractivity contribution in [1.29, 1.82) is 0 Å². The summed E-state index contributed by atoms with van der Waals surface area (Å²) in [5.41, 5.74) is 2.00. The first-order valence-corrected chi connectivity index (χ1v) is 11.6. The van der Waals surface area contributed by atoms with Gasteiger partial charge >= 0.3 is 0 Å². The van der Waals surface area contributed by atoms with Gasteiger partial charge in [0.05, 0.1) is 0 Å². The maximum Gasteiger partial charge on any atom is 0.261 e. The highest BCUT2D eigenvalue weighted by atomic mass is 79.9. The topological polar surface area (TPSA) is 58.6 Å². The second-order valence-electron chi connectivity index (χ2n) is 8.12. The van der Waals surface area contributed by atoms with E-state index in [0.717, 1.165) is 22.0 Å². The third-order valence-corrected chi connectivity index (χ3v) is 5.86. The third kappa shape index (κ3) is 7.39. The Morgan fingerprint density at radius 2 is 1.68 bits per heavy atom. The number of rotatable bonds is 10. The van der Waals surface area contributed by atoms with Crippen LogP contribution in [0.3, 0.4) is 0 Å². The summed E-state index contributed by atoms with van der Waals surface area (Å²) < 4.78 is 6.86. The number of nitrogens with one attached hydrogen (secondary N) is 1. The van der Waals surface area contributed by atoms with Gasteiger partial charge in [-0.1, -0.05) is 67.0 Å². The second kappa shape index (κ2) is 11.9. The molecule has 0 aliphatic rings. The van der Waals surface area contributed by atoms with Gasteiger partial charge in [-0.05, 0) is 55.5 Å². The van der Waals surface area contributed by atoms with Crippen LogP contribution in [-0.2, 0) is 16.1 Å². The minimum absolute atomic E-state index is 0.0498. The van der Waals surface area contributed by atoms with Gasteiger partial charge in [0.1, 0.15) is 11.8 Å². The number of nitrogens with zero attached hydrogens (tertiary/aromatic N) is 1. The van der Waals surface area contributed by atoms with Crippen LogP contribution in [0, 0.1) is 0 Å². The van der Waals surface area contributed by atoms with E-state index in [1.54, 1.807) is 11.8 Å². The van der Waals surface area contributed by atoms with E-state index < -0.39 is 6.04 Å². The molecule has 2 rings (SSSR count). The molecule has 5 nitrogen and oxygen atoms in total. The largest absolute Gasteiger partial charge is 0.483 e. The normalized spacial score (nSPS) is 12.9. The van der Waals surface area contributed by atoms with Gasteiger partial charge in [-0.25, -0.2) is 0 Å². The molecule has 6 heteroatoms. The van der Waals surface area contributed by atoms with Gasteiger partial charge in [0.15, 0.2) is 6.61 Å². The van der Waals surface area contributed by atoms with Gasteiger partial charge in [-0.2, -0.15) is 0 Å². The molecule has 0 saturated carbocycles. The van der Waals surface area contributed by atoms with Crippen molar-refractivity contribution in [3.8, 4) is 5.75 Å². The van der Waals surface area contributed by atoms with Crippen LogP contribution in [0.5, 0.6) is 5.75 Å². The summed E-state index contributed by atoms with van der Waals surface area (Å²) in [6, 6.07) is 14.9. The summed E-state index contributed by atoms with van der Waals surface area (Å²) in [7, 11) is 0. The summed E-state index contributed by atoms with van der Waals surface area (Å²) in [4.78, 5) is 27.5. The van der Waals surface area contributed by atoms with E-state index in [-0.39, 0.29) is 30.4 Å². The van der Waals surface area contributed by atoms with Gasteiger partial charge < -0.3 is 15.0 Å². The Morgan fingerprint density at radius 3 is 2.29 bits per heavy atom. The number of amides is 2. The average Bonchev–Trinajstić information content (AvgIpc) is 2.76. The molecule has 0 saturated heterocycles. The van der Waals surface area contributed by atoms with Gasteiger partial charge in [0, 0.05) is 17.1 Å². The third-order valence-electron chi connectivity index (χ3n) is 5.33. The molecule has 2 aromatic rings. The zero-order valence-corrected chi connectivity index (χ0v) is 20.6. The number of halogens is 1. The van der Waals surface area contributed by atoms with E-state index in [0.29, 0.717) is 12.3 Å². The van der Waals surface area contributed by atoms with Crippen LogP contribution in [0.1, 0.15) is 58.1 Å². The van der Waals surface area contributed by atoms with Crippen LogP contribution in [-0.4, -0.2) is 35.4 Å². The Morgan fingerprint density at radius 1 is 1.03 bits per heavy atom. The highest BCUT2D eigenvalue weighted by molar-refractivity contribution is 9.10. The molecular formula is C25H33BrN2O3. The fourth-order valence-electron chi connectivity index (χ4n) is 3.15. The van der Waals surface area contributed by atoms with E-state index >= 15 is 0 Å². The Bertz CT molecular complexity index is 867. The highest BCUT2D eigenvalue weighted by Gasteiger charge is 2.27. The molecule has 0 spiro atoms. The van der Waals surface area contributed by atoms with Crippen molar-refractivity contribution in [2.24, 2.45) is 0 Å². The fourth-order valence-corrected chi connectivity index (χ4v) is 3.41. The Hall–Kier alpha value is -2.34. The van der Waals surface area contributed by atoms with Crippen LogP contribution >= 0.6 is 15.9 Å². The fraction of sp³-hybridized carbons (Fsp3) is 0.440. The standard InChI is InChI=1S/C25H33BrN2O3/c1-6-18(4)27-25(30)19(5)28(15-20-11-13-21(26)14-12-20)24(29)16-31-23-10-8-7-9-22(23)17(2)3/h7-14,17-19H,6,15-16H2,1-5H3,(H,27,30)/t18-,19+/m1/s1. The molecule has 1 N–H and O–H groups in total. The highest BCUT2D eigenvalue weighted by Crippen LogP contribution is 2.26. The van der Waals surface area contributed by atoms with E-state index in [1.165, 1.54) is 0 Å². The van der Waals surface area contributed by atoms with Crippen LogP contribution < -0.4 is 10.1 Å². The smallest absolute Gasteiger partial charge is 0.261 e. The van der Waals surface area contributed by atoms with Gasteiger partial charge in [-0.3, -0.25) is 9.59 Å². The molecule has 0 aliphatic heterocycles. The summed E-state index contributed by atoms with van der Waals surface area (Å²) in [6.07, 6.45) is 0.828. The van der Waals surface area contributed by atoms with Crippen molar-refractivity contribution in [3.63, 3.8) is 0 Å². The molecule has 0 aromatic heterocycles. The maximum absolute atomic E-state index is 13.2. The number of carbonyl (C=O) groups excluding carboxylic acids is 2. The lowest BCUT2D eigenvalue weighted by molar-refractivity contribution is -0.142. The van der Waals surface area contributed by atoms with Crippen LogP contribution in [0.25, 0.3) is 0 Å². The molecule has 0 fully saturated rings. The number of carbonyl (C=O) groups is 2. The summed E-state index contributed by atoms with van der Waals surface area (Å²) in [5, 5.41) is 2.98. The van der Waals surface area contributed by atoms with Crippen molar-refractivity contribution in [1.82, 2.24) is 10.2 Å². The zero-order valence-electron chi connectivity index (χ0n) is 19.0. The molecule has 0 unspecified atom stereocenters. The lowest BCUT2D eigenvalue weighted by Gasteiger charge is -2.29. The molecule has 0 heterocycles. The first-order valence-electron chi connectivity index (χ1n) is 10.8. The summed E-state index contributed by atoms with van der Waals surface area (Å²) >= 11 is 3.43. The number of hydrogen-bond acceptors (Lipinski definition) is 3. The van der Waals surface area contributed by atoms with Crippen LogP contribution in [0.4, 0.5) is 0 Å². The molecule has 2 amide bonds. The van der Waals surface area contributed by atoms with E-state index in [4.69, 9.17) is 4.74 Å². The SMILES string of the molecule is CC[C@@H](C)NC(=O)[C@H](C)N(Cc1ccc(Br)cc1)C(=O)COc1ccccc1C(C)C. The van der Waals surface area contributed by atoms with E-state index in [9.17, 15) is 9.59 Å². The number of ether oxygens (including phenoxy) is 1. The van der Waals surface area contributed by atoms with Gasteiger partial charge in [0.2, 0.25) is 5.91 Å². The van der Waals surface area contributed by atoms with Crippen LogP contribution in [0.15, 0.2) is 53.0 Å². The quantitative estimate of drug-likeness (QED) is 0.494. The van der Waals surface area contributed by atoms with Gasteiger partial charge in [-0.15, -0.1) is 0 Å². The number of benzene rings is 2. The summed E-state index contributed by atoms with van der Waals surface area (Å²) in [5.74, 6) is 0.590. The molecule has 0 aliphatic carbocycles. The van der Waals surface area contributed by atoms with Crippen molar-refractivity contribution in [2.75, 3.05) is 6.61 Å². The molecular weight excluding hydrogens is 456 g/mol. The average molecular weight is 489 g/mol.